The fourth-order valence-electron chi connectivity index (χ4n) is 3.65. The van der Waals surface area contributed by atoms with Crippen molar-refractivity contribution in [3.63, 3.8) is 0 Å². The molecule has 168 valence electrons. The number of amides is 2. The lowest BCUT2D eigenvalue weighted by atomic mass is 10.0. The molecule has 0 bridgehead atoms. The minimum atomic E-state index is -0.992. The van der Waals surface area contributed by atoms with Gasteiger partial charge in [-0.05, 0) is 50.1 Å². The van der Waals surface area contributed by atoms with Gasteiger partial charge in [0.1, 0.15) is 5.52 Å². The largest absolute Gasteiger partial charge is 0.389 e. The molecule has 0 radical (unpaired) electrons. The van der Waals surface area contributed by atoms with E-state index >= 15 is 0 Å². The molecule has 3 aromatic rings. The molecule has 0 saturated heterocycles. The molecule has 0 saturated carbocycles. The molecule has 0 unspecified atom stereocenters. The number of anilines is 2. The summed E-state index contributed by atoms with van der Waals surface area (Å²) in [7, 11) is 0. The highest BCUT2D eigenvalue weighted by Crippen LogP contribution is 2.33. The van der Waals surface area contributed by atoms with Crippen molar-refractivity contribution in [1.29, 1.82) is 0 Å². The van der Waals surface area contributed by atoms with Crippen molar-refractivity contribution in [1.82, 2.24) is 19.9 Å². The predicted molar refractivity (Wildman–Crippen MR) is 125 cm³/mol. The van der Waals surface area contributed by atoms with Gasteiger partial charge in [0.2, 0.25) is 5.95 Å². The molecule has 10 nitrogen and oxygen atoms in total. The number of hydrogen-bond donors (Lipinski definition) is 4. The zero-order chi connectivity index (χ0) is 22.9. The van der Waals surface area contributed by atoms with Crippen LogP contribution in [0, 0.1) is 0 Å². The maximum absolute atomic E-state index is 12.6. The number of aromatic amines is 1. The number of carbonyl (C=O) groups is 1. The van der Waals surface area contributed by atoms with Gasteiger partial charge in [0.05, 0.1) is 23.3 Å². The molecule has 1 aromatic carbocycles. The summed E-state index contributed by atoms with van der Waals surface area (Å²) in [5, 5.41) is 21.7. The van der Waals surface area contributed by atoms with Gasteiger partial charge in [-0.2, -0.15) is 5.10 Å². The van der Waals surface area contributed by atoms with Crippen LogP contribution in [0.4, 0.5) is 16.4 Å². The monoisotopic (exact) mass is 437 g/mol. The van der Waals surface area contributed by atoms with Crippen molar-refractivity contribution in [2.75, 3.05) is 23.4 Å². The number of hydrogen-bond acceptors (Lipinski definition) is 6. The highest BCUT2D eigenvalue weighted by atomic mass is 16.3. The SMILES string of the molecule is CCNC(=O)Nc1nc2c(N3CCC=N3)cc(-c3ccn(CC(C)(C)O)c(=O)c3)cc2[nH]1. The highest BCUT2D eigenvalue weighted by Gasteiger charge is 2.19. The molecule has 0 fully saturated rings. The van der Waals surface area contributed by atoms with Crippen LogP contribution in [-0.2, 0) is 6.54 Å². The minimum Gasteiger partial charge on any atom is -0.389 e. The first-order chi connectivity index (χ1) is 15.2. The summed E-state index contributed by atoms with van der Waals surface area (Å²) in [4.78, 5) is 32.2. The standard InChI is InChI=1S/C22H27N7O3/c1-4-23-21(31)27-20-25-16-10-15(11-17(19(16)26-20)29-8-5-7-24-29)14-6-9-28(18(30)12-14)13-22(2,3)32/h6-7,9-12,32H,4-5,8,13H2,1-3H3,(H3,23,25,26,27,31). The Labute approximate surface area is 185 Å². The lowest BCUT2D eigenvalue weighted by Gasteiger charge is -2.19. The number of hydrazone groups is 1. The minimum absolute atomic E-state index is 0.200. The Bertz CT molecular complexity index is 1240. The van der Waals surface area contributed by atoms with E-state index in [0.717, 1.165) is 29.8 Å². The maximum Gasteiger partial charge on any atom is 0.321 e. The third-order valence-electron chi connectivity index (χ3n) is 4.99. The van der Waals surface area contributed by atoms with E-state index in [1.54, 1.807) is 26.1 Å². The lowest BCUT2D eigenvalue weighted by molar-refractivity contribution is 0.0604. The van der Waals surface area contributed by atoms with Crippen molar-refractivity contribution < 1.29 is 9.90 Å². The molecule has 1 aliphatic heterocycles. The van der Waals surface area contributed by atoms with Crippen LogP contribution in [0.15, 0.2) is 40.4 Å². The quantitative estimate of drug-likeness (QED) is 0.471. The molecule has 0 aliphatic carbocycles. The number of H-pyrrole nitrogens is 1. The number of carbonyl (C=O) groups excluding carboxylic acids is 1. The molecular formula is C22H27N7O3. The third-order valence-corrected chi connectivity index (χ3v) is 4.99. The van der Waals surface area contributed by atoms with Crippen LogP contribution in [0.3, 0.4) is 0 Å². The Balaban J connectivity index is 1.76. The van der Waals surface area contributed by atoms with Crippen molar-refractivity contribution in [3.8, 4) is 11.1 Å². The summed E-state index contributed by atoms with van der Waals surface area (Å²) < 4.78 is 1.48. The molecule has 0 atom stereocenters. The van der Waals surface area contributed by atoms with E-state index in [1.807, 2.05) is 36.3 Å². The number of rotatable bonds is 6. The number of pyridine rings is 1. The van der Waals surface area contributed by atoms with Gasteiger partial charge in [0.25, 0.3) is 5.56 Å². The van der Waals surface area contributed by atoms with E-state index in [2.05, 4.69) is 25.7 Å². The number of nitrogens with zero attached hydrogens (tertiary/aromatic N) is 4. The van der Waals surface area contributed by atoms with E-state index in [4.69, 9.17) is 0 Å². The smallest absolute Gasteiger partial charge is 0.321 e. The molecule has 32 heavy (non-hydrogen) atoms. The average Bonchev–Trinajstić information content (AvgIpc) is 3.37. The van der Waals surface area contributed by atoms with Crippen LogP contribution in [-0.4, -0.2) is 50.6 Å². The molecular weight excluding hydrogens is 410 g/mol. The van der Waals surface area contributed by atoms with Crippen molar-refractivity contribution in [2.24, 2.45) is 5.10 Å². The molecule has 4 rings (SSSR count). The number of urea groups is 1. The van der Waals surface area contributed by atoms with Gasteiger partial charge in [-0.15, -0.1) is 0 Å². The zero-order valence-electron chi connectivity index (χ0n) is 18.3. The Hall–Kier alpha value is -3.66. The van der Waals surface area contributed by atoms with Crippen molar-refractivity contribution in [2.45, 2.75) is 39.3 Å². The van der Waals surface area contributed by atoms with Gasteiger partial charge in [-0.1, -0.05) is 0 Å². The third kappa shape index (κ3) is 4.65. The van der Waals surface area contributed by atoms with Crippen LogP contribution >= 0.6 is 0 Å². The van der Waals surface area contributed by atoms with Crippen LogP contribution in [0.1, 0.15) is 27.2 Å². The number of benzene rings is 1. The first-order valence-corrected chi connectivity index (χ1v) is 10.6. The number of nitrogens with one attached hydrogen (secondary N) is 3. The average molecular weight is 438 g/mol. The Morgan fingerprint density at radius 3 is 2.75 bits per heavy atom. The normalized spacial score (nSPS) is 13.7. The van der Waals surface area contributed by atoms with Gasteiger partial charge in [0, 0.05) is 38.0 Å². The summed E-state index contributed by atoms with van der Waals surface area (Å²) in [5.74, 6) is 0.327. The summed E-state index contributed by atoms with van der Waals surface area (Å²) in [5.41, 5.74) is 2.54. The van der Waals surface area contributed by atoms with Gasteiger partial charge < -0.3 is 20.0 Å². The van der Waals surface area contributed by atoms with Gasteiger partial charge in [0.15, 0.2) is 0 Å². The molecule has 10 heteroatoms. The van der Waals surface area contributed by atoms with E-state index in [9.17, 15) is 14.7 Å². The van der Waals surface area contributed by atoms with E-state index in [1.165, 1.54) is 4.57 Å². The topological polar surface area (TPSA) is 128 Å². The van der Waals surface area contributed by atoms with Crippen molar-refractivity contribution in [3.05, 3.63) is 40.8 Å². The molecule has 1 aliphatic rings. The Kier molecular flexibility index (Phi) is 5.70. The predicted octanol–water partition coefficient (Wildman–Crippen LogP) is 2.50. The lowest BCUT2D eigenvalue weighted by Crippen LogP contribution is -2.32. The first-order valence-electron chi connectivity index (χ1n) is 10.6. The van der Waals surface area contributed by atoms with Gasteiger partial charge >= 0.3 is 6.03 Å². The van der Waals surface area contributed by atoms with E-state index in [-0.39, 0.29) is 18.1 Å². The zero-order valence-corrected chi connectivity index (χ0v) is 18.3. The second kappa shape index (κ2) is 8.46. The number of aliphatic hydroxyl groups is 1. The molecule has 2 amide bonds. The number of aromatic nitrogens is 3. The number of fused-ring (bicyclic) bond motifs is 1. The molecule has 0 spiro atoms. The molecule has 3 heterocycles. The van der Waals surface area contributed by atoms with E-state index in [0.29, 0.717) is 23.5 Å². The summed E-state index contributed by atoms with van der Waals surface area (Å²) in [6.07, 6.45) is 4.35. The second-order valence-electron chi connectivity index (χ2n) is 8.37. The summed E-state index contributed by atoms with van der Waals surface area (Å²) in [6.45, 7) is 6.59. The summed E-state index contributed by atoms with van der Waals surface area (Å²) in [6, 6.07) is 6.88. The maximum atomic E-state index is 12.6. The van der Waals surface area contributed by atoms with Crippen LogP contribution in [0.5, 0.6) is 0 Å². The van der Waals surface area contributed by atoms with E-state index < -0.39 is 5.60 Å². The van der Waals surface area contributed by atoms with Crippen LogP contribution in [0.2, 0.25) is 0 Å². The second-order valence-corrected chi connectivity index (χ2v) is 8.37. The summed E-state index contributed by atoms with van der Waals surface area (Å²) >= 11 is 0. The highest BCUT2D eigenvalue weighted by molar-refractivity contribution is 5.97. The molecule has 4 N–H and O–H groups in total. The van der Waals surface area contributed by atoms with Gasteiger partial charge in [-0.25, -0.2) is 9.78 Å². The van der Waals surface area contributed by atoms with Crippen LogP contribution in [0.25, 0.3) is 22.2 Å². The first kappa shape index (κ1) is 21.6. The Morgan fingerprint density at radius 1 is 1.28 bits per heavy atom. The Morgan fingerprint density at radius 2 is 2.09 bits per heavy atom. The number of imidazole rings is 1. The van der Waals surface area contributed by atoms with Gasteiger partial charge in [-0.3, -0.25) is 15.1 Å². The molecule has 2 aromatic heterocycles. The van der Waals surface area contributed by atoms with Crippen molar-refractivity contribution >= 4 is 34.9 Å². The fourth-order valence-corrected chi connectivity index (χ4v) is 3.65. The van der Waals surface area contributed by atoms with Crippen LogP contribution < -0.4 is 21.2 Å². The fraction of sp³-hybridized carbons (Fsp3) is 0.364.